The van der Waals surface area contributed by atoms with Crippen molar-refractivity contribution in [2.24, 2.45) is 7.05 Å². The van der Waals surface area contributed by atoms with Crippen molar-refractivity contribution in [3.05, 3.63) is 46.0 Å². The predicted molar refractivity (Wildman–Crippen MR) is 74.5 cm³/mol. The number of nitro benzene ring substituents is 1. The molecule has 0 aliphatic heterocycles. The fourth-order valence-corrected chi connectivity index (χ4v) is 1.77. The van der Waals surface area contributed by atoms with Crippen LogP contribution in [0.25, 0.3) is 0 Å². The molecule has 1 heterocycles. The Morgan fingerprint density at radius 1 is 1.52 bits per heavy atom. The van der Waals surface area contributed by atoms with Gasteiger partial charge in [-0.15, -0.1) is 10.2 Å². The second kappa shape index (κ2) is 5.99. The summed E-state index contributed by atoms with van der Waals surface area (Å²) in [6.07, 6.45) is 2.08. The van der Waals surface area contributed by atoms with Gasteiger partial charge in [0.25, 0.3) is 11.6 Å². The van der Waals surface area contributed by atoms with Crippen molar-refractivity contribution in [2.45, 2.75) is 6.42 Å². The van der Waals surface area contributed by atoms with Gasteiger partial charge in [-0.25, -0.2) is 0 Å². The molecular weight excluding hydrogens is 276 g/mol. The lowest BCUT2D eigenvalue weighted by molar-refractivity contribution is -0.383. The zero-order valence-electron chi connectivity index (χ0n) is 11.3. The first-order valence-corrected chi connectivity index (χ1v) is 6.14. The average molecular weight is 290 g/mol. The molecule has 0 aliphatic carbocycles. The zero-order chi connectivity index (χ0) is 15.4. The first kappa shape index (κ1) is 14.4. The van der Waals surface area contributed by atoms with Gasteiger partial charge in [-0.05, 0) is 12.1 Å². The average Bonchev–Trinajstić information content (AvgIpc) is 2.84. The van der Waals surface area contributed by atoms with E-state index in [2.05, 4.69) is 15.5 Å². The minimum absolute atomic E-state index is 0.0237. The quantitative estimate of drug-likeness (QED) is 0.462. The molecule has 0 radical (unpaired) electrons. The number of nitrogens with two attached hydrogens (primary N) is 1. The van der Waals surface area contributed by atoms with Crippen LogP contribution in [-0.4, -0.2) is 32.1 Å². The number of nitrogens with one attached hydrogen (secondary N) is 1. The van der Waals surface area contributed by atoms with Gasteiger partial charge in [-0.2, -0.15) is 0 Å². The van der Waals surface area contributed by atoms with Crippen LogP contribution >= 0.6 is 0 Å². The number of nitro groups is 1. The summed E-state index contributed by atoms with van der Waals surface area (Å²) in [7, 11) is 1.81. The van der Waals surface area contributed by atoms with Crippen LogP contribution in [0.5, 0.6) is 0 Å². The topological polar surface area (TPSA) is 129 Å². The molecule has 0 spiro atoms. The van der Waals surface area contributed by atoms with Crippen molar-refractivity contribution in [1.82, 2.24) is 20.1 Å². The van der Waals surface area contributed by atoms with Gasteiger partial charge in [0.05, 0.1) is 4.92 Å². The van der Waals surface area contributed by atoms with Crippen LogP contribution in [0, 0.1) is 10.1 Å². The summed E-state index contributed by atoms with van der Waals surface area (Å²) in [6, 6.07) is 3.95. The number of anilines is 1. The summed E-state index contributed by atoms with van der Waals surface area (Å²) in [5.74, 6) is 0.332. The number of aromatic nitrogens is 3. The van der Waals surface area contributed by atoms with Gasteiger partial charge >= 0.3 is 0 Å². The summed E-state index contributed by atoms with van der Waals surface area (Å²) >= 11 is 0. The molecule has 3 N–H and O–H groups in total. The number of nitrogens with zero attached hydrogens (tertiary/aromatic N) is 4. The van der Waals surface area contributed by atoms with E-state index in [4.69, 9.17) is 5.73 Å². The molecule has 0 unspecified atom stereocenters. The zero-order valence-corrected chi connectivity index (χ0v) is 11.3. The van der Waals surface area contributed by atoms with Crippen LogP contribution in [-0.2, 0) is 13.5 Å². The maximum absolute atomic E-state index is 11.9. The minimum atomic E-state index is -0.619. The van der Waals surface area contributed by atoms with Crippen molar-refractivity contribution in [2.75, 3.05) is 12.3 Å². The summed E-state index contributed by atoms with van der Waals surface area (Å²) in [4.78, 5) is 22.1. The number of amides is 1. The maximum Gasteiger partial charge on any atom is 0.292 e. The molecule has 0 saturated carbocycles. The highest BCUT2D eigenvalue weighted by molar-refractivity contribution is 5.95. The van der Waals surface area contributed by atoms with Crippen molar-refractivity contribution in [3.8, 4) is 0 Å². The second-order valence-corrected chi connectivity index (χ2v) is 4.39. The summed E-state index contributed by atoms with van der Waals surface area (Å²) in [6.45, 7) is 0.351. The third-order valence-electron chi connectivity index (χ3n) is 2.93. The highest BCUT2D eigenvalue weighted by atomic mass is 16.6. The molecule has 1 amide bonds. The molecule has 1 aromatic heterocycles. The molecule has 0 saturated heterocycles. The normalized spacial score (nSPS) is 10.3. The molecular formula is C12H14N6O3. The molecule has 0 bridgehead atoms. The van der Waals surface area contributed by atoms with Gasteiger partial charge < -0.3 is 15.6 Å². The fourth-order valence-electron chi connectivity index (χ4n) is 1.77. The first-order chi connectivity index (χ1) is 9.99. The maximum atomic E-state index is 11.9. The highest BCUT2D eigenvalue weighted by Crippen LogP contribution is 2.22. The molecule has 0 aliphatic rings. The fraction of sp³-hybridized carbons (Fsp3) is 0.250. The molecule has 9 nitrogen and oxygen atoms in total. The monoisotopic (exact) mass is 290 g/mol. The summed E-state index contributed by atoms with van der Waals surface area (Å²) in [5, 5.41) is 21.1. The van der Waals surface area contributed by atoms with E-state index in [0.29, 0.717) is 13.0 Å². The number of hydrogen-bond donors (Lipinski definition) is 2. The van der Waals surface area contributed by atoms with Gasteiger partial charge in [0.2, 0.25) is 0 Å². The van der Waals surface area contributed by atoms with Gasteiger partial charge in [0, 0.05) is 31.6 Å². The Kier molecular flexibility index (Phi) is 4.12. The van der Waals surface area contributed by atoms with Crippen molar-refractivity contribution >= 4 is 17.3 Å². The van der Waals surface area contributed by atoms with E-state index in [9.17, 15) is 14.9 Å². The van der Waals surface area contributed by atoms with Crippen molar-refractivity contribution < 1.29 is 9.72 Å². The molecule has 9 heteroatoms. The van der Waals surface area contributed by atoms with Crippen LogP contribution in [0.15, 0.2) is 24.5 Å². The van der Waals surface area contributed by atoms with E-state index in [0.717, 1.165) is 11.9 Å². The Balaban J connectivity index is 1.99. The Bertz CT molecular complexity index is 681. The number of aryl methyl sites for hydroxylation is 1. The molecule has 110 valence electrons. The molecule has 1 aromatic carbocycles. The predicted octanol–water partition coefficient (Wildman–Crippen LogP) is 0.278. The number of carbonyl (C=O) groups is 1. The second-order valence-electron chi connectivity index (χ2n) is 4.39. The van der Waals surface area contributed by atoms with Crippen LogP contribution in [0.2, 0.25) is 0 Å². The Morgan fingerprint density at radius 3 is 2.90 bits per heavy atom. The van der Waals surface area contributed by atoms with Crippen LogP contribution < -0.4 is 11.1 Å². The number of rotatable bonds is 5. The van der Waals surface area contributed by atoms with Crippen LogP contribution in [0.3, 0.4) is 0 Å². The van der Waals surface area contributed by atoms with Crippen LogP contribution in [0.1, 0.15) is 16.2 Å². The van der Waals surface area contributed by atoms with E-state index < -0.39 is 10.8 Å². The third kappa shape index (κ3) is 3.32. The molecule has 2 aromatic rings. The minimum Gasteiger partial charge on any atom is -0.393 e. The smallest absolute Gasteiger partial charge is 0.292 e. The third-order valence-corrected chi connectivity index (χ3v) is 2.93. The Labute approximate surface area is 119 Å². The Morgan fingerprint density at radius 2 is 2.29 bits per heavy atom. The largest absolute Gasteiger partial charge is 0.393 e. The first-order valence-electron chi connectivity index (χ1n) is 6.14. The number of hydrogen-bond acceptors (Lipinski definition) is 6. The lowest BCUT2D eigenvalue weighted by Gasteiger charge is -2.05. The van der Waals surface area contributed by atoms with E-state index >= 15 is 0 Å². The van der Waals surface area contributed by atoms with E-state index in [-0.39, 0.29) is 16.9 Å². The standard InChI is InChI=1S/C12H14N6O3/c1-17-7-15-16-11(17)4-5-14-12(19)8-2-3-9(13)10(6-8)18(20)21/h2-3,6-7H,4-5,13H2,1H3,(H,14,19). The number of nitrogen functional groups attached to an aromatic ring is 1. The number of benzene rings is 1. The molecule has 2 rings (SSSR count). The summed E-state index contributed by atoms with van der Waals surface area (Å²) < 4.78 is 1.75. The van der Waals surface area contributed by atoms with E-state index in [1.807, 2.05) is 0 Å². The Hall–Kier alpha value is -2.97. The number of carbonyl (C=O) groups excluding carboxylic acids is 1. The van der Waals surface area contributed by atoms with Crippen molar-refractivity contribution in [1.29, 1.82) is 0 Å². The lowest BCUT2D eigenvalue weighted by Crippen LogP contribution is -2.26. The van der Waals surface area contributed by atoms with Gasteiger partial charge in [-0.3, -0.25) is 14.9 Å². The SMILES string of the molecule is Cn1cnnc1CCNC(=O)c1ccc(N)c([N+](=O)[O-])c1. The summed E-state index contributed by atoms with van der Waals surface area (Å²) in [5.41, 5.74) is 5.41. The van der Waals surface area contributed by atoms with Gasteiger partial charge in [0.1, 0.15) is 17.8 Å². The lowest BCUT2D eigenvalue weighted by atomic mass is 10.1. The van der Waals surface area contributed by atoms with Gasteiger partial charge in [0.15, 0.2) is 0 Å². The molecule has 21 heavy (non-hydrogen) atoms. The van der Waals surface area contributed by atoms with Crippen LogP contribution in [0.4, 0.5) is 11.4 Å². The molecule has 0 fully saturated rings. The van der Waals surface area contributed by atoms with Gasteiger partial charge in [-0.1, -0.05) is 0 Å². The highest BCUT2D eigenvalue weighted by Gasteiger charge is 2.15. The van der Waals surface area contributed by atoms with E-state index in [1.165, 1.54) is 12.1 Å². The van der Waals surface area contributed by atoms with Crippen molar-refractivity contribution in [3.63, 3.8) is 0 Å². The van der Waals surface area contributed by atoms with E-state index in [1.54, 1.807) is 17.9 Å². The molecule has 0 atom stereocenters.